The van der Waals surface area contributed by atoms with Gasteiger partial charge in [-0.05, 0) is 49.1 Å². The molecule has 152 valence electrons. The van der Waals surface area contributed by atoms with Crippen molar-refractivity contribution in [1.82, 2.24) is 5.32 Å². The molecule has 0 saturated heterocycles. The molecule has 6 nitrogen and oxygen atoms in total. The molecule has 1 atom stereocenters. The number of benzene rings is 1. The quantitative estimate of drug-likeness (QED) is 0.489. The number of aryl methyl sites for hydroxylation is 1. The molecule has 2 rings (SSSR count). The lowest BCUT2D eigenvalue weighted by Crippen LogP contribution is -2.43. The molecule has 0 aliphatic rings. The van der Waals surface area contributed by atoms with Crippen LogP contribution < -0.4 is 10.1 Å². The van der Waals surface area contributed by atoms with Crippen LogP contribution in [0.3, 0.4) is 0 Å². The molecule has 0 unspecified atom stereocenters. The Morgan fingerprint density at radius 1 is 1.21 bits per heavy atom. The van der Waals surface area contributed by atoms with E-state index < -0.39 is 17.9 Å². The molecule has 1 heterocycles. The standard InChI is InChI=1S/C21H27NO5S/c1-5-25-21(24)17(12-28)22-20(23)18-9-7-15(27-18)11-26-19-10-14(4)6-8-16(19)13(2)3/h6-10,13,17,28H,5,11-12H2,1-4H3,(H,22,23)/t17-/m0/s1. The number of hydrogen-bond donors (Lipinski definition) is 2. The van der Waals surface area contributed by atoms with Crippen LogP contribution in [0.25, 0.3) is 0 Å². The number of carbonyl (C=O) groups excluding carboxylic acids is 2. The fraction of sp³-hybridized carbons (Fsp3) is 0.429. The zero-order chi connectivity index (χ0) is 20.7. The summed E-state index contributed by atoms with van der Waals surface area (Å²) in [6.45, 7) is 8.35. The van der Waals surface area contributed by atoms with Gasteiger partial charge in [0.2, 0.25) is 0 Å². The van der Waals surface area contributed by atoms with Crippen molar-refractivity contribution in [3.8, 4) is 5.75 Å². The molecule has 0 bridgehead atoms. The summed E-state index contributed by atoms with van der Waals surface area (Å²) in [6.07, 6.45) is 0. The number of esters is 1. The molecule has 0 aliphatic heterocycles. The molecule has 7 heteroatoms. The SMILES string of the molecule is CCOC(=O)[C@H](CS)NC(=O)c1ccc(COc2cc(C)ccc2C(C)C)o1. The monoisotopic (exact) mass is 405 g/mol. The third-order valence-corrected chi connectivity index (χ3v) is 4.47. The summed E-state index contributed by atoms with van der Waals surface area (Å²) in [4.78, 5) is 24.1. The fourth-order valence-corrected chi connectivity index (χ4v) is 2.86. The Kier molecular flexibility index (Phi) is 7.99. The van der Waals surface area contributed by atoms with Crippen LogP contribution in [0.2, 0.25) is 0 Å². The normalized spacial score (nSPS) is 11.9. The van der Waals surface area contributed by atoms with Crippen molar-refractivity contribution in [2.45, 2.75) is 46.3 Å². The number of furan rings is 1. The van der Waals surface area contributed by atoms with Gasteiger partial charge in [-0.2, -0.15) is 12.6 Å². The smallest absolute Gasteiger partial charge is 0.329 e. The van der Waals surface area contributed by atoms with E-state index in [1.54, 1.807) is 19.1 Å². The average molecular weight is 406 g/mol. The van der Waals surface area contributed by atoms with Gasteiger partial charge in [0.1, 0.15) is 24.2 Å². The summed E-state index contributed by atoms with van der Waals surface area (Å²) in [7, 11) is 0. The number of rotatable bonds is 9. The van der Waals surface area contributed by atoms with Crippen molar-refractivity contribution in [2.75, 3.05) is 12.4 Å². The van der Waals surface area contributed by atoms with E-state index in [1.165, 1.54) is 0 Å². The molecule has 1 aromatic heterocycles. The van der Waals surface area contributed by atoms with E-state index in [9.17, 15) is 9.59 Å². The maximum Gasteiger partial charge on any atom is 0.329 e. The molecule has 1 aromatic carbocycles. The second kappa shape index (κ2) is 10.2. The van der Waals surface area contributed by atoms with Crippen LogP contribution in [0.15, 0.2) is 34.7 Å². The van der Waals surface area contributed by atoms with E-state index >= 15 is 0 Å². The number of carbonyl (C=O) groups is 2. The van der Waals surface area contributed by atoms with E-state index in [-0.39, 0.29) is 24.7 Å². The zero-order valence-corrected chi connectivity index (χ0v) is 17.5. The Labute approximate surface area is 171 Å². The van der Waals surface area contributed by atoms with Gasteiger partial charge in [0.25, 0.3) is 5.91 Å². The molecular formula is C21H27NO5S. The first-order valence-corrected chi connectivity index (χ1v) is 9.89. The van der Waals surface area contributed by atoms with Crippen molar-refractivity contribution >= 4 is 24.5 Å². The summed E-state index contributed by atoms with van der Waals surface area (Å²) in [5.74, 6) is 0.845. The summed E-state index contributed by atoms with van der Waals surface area (Å²) in [5.41, 5.74) is 2.22. The van der Waals surface area contributed by atoms with Crippen molar-refractivity contribution in [2.24, 2.45) is 0 Å². The minimum Gasteiger partial charge on any atom is -0.485 e. The second-order valence-electron chi connectivity index (χ2n) is 6.71. The van der Waals surface area contributed by atoms with Gasteiger partial charge in [-0.3, -0.25) is 4.79 Å². The molecule has 28 heavy (non-hydrogen) atoms. The molecule has 0 fully saturated rings. The van der Waals surface area contributed by atoms with Crippen molar-refractivity contribution < 1.29 is 23.5 Å². The van der Waals surface area contributed by atoms with Crippen LogP contribution in [0.5, 0.6) is 5.75 Å². The molecule has 2 aromatic rings. The van der Waals surface area contributed by atoms with Crippen molar-refractivity contribution in [3.05, 3.63) is 53.0 Å². The van der Waals surface area contributed by atoms with Gasteiger partial charge in [-0.15, -0.1) is 0 Å². The van der Waals surface area contributed by atoms with E-state index in [4.69, 9.17) is 13.9 Å². The Bertz CT molecular complexity index is 815. The number of nitrogens with one attached hydrogen (secondary N) is 1. The Balaban J connectivity index is 2.02. The Morgan fingerprint density at radius 3 is 2.61 bits per heavy atom. The van der Waals surface area contributed by atoms with Crippen LogP contribution in [0.4, 0.5) is 0 Å². The minimum atomic E-state index is -0.832. The van der Waals surface area contributed by atoms with E-state index in [1.807, 2.05) is 13.0 Å². The number of ether oxygens (including phenoxy) is 2. The van der Waals surface area contributed by atoms with Gasteiger partial charge in [0.05, 0.1) is 6.61 Å². The number of amides is 1. The van der Waals surface area contributed by atoms with Crippen LogP contribution in [0.1, 0.15) is 54.1 Å². The fourth-order valence-electron chi connectivity index (χ4n) is 2.62. The van der Waals surface area contributed by atoms with Crippen LogP contribution in [-0.4, -0.2) is 30.3 Å². The summed E-state index contributed by atoms with van der Waals surface area (Å²) in [6, 6.07) is 8.50. The molecule has 1 amide bonds. The van der Waals surface area contributed by atoms with Gasteiger partial charge in [-0.25, -0.2) is 4.79 Å². The molecule has 0 saturated carbocycles. The first kappa shape index (κ1) is 21.9. The largest absolute Gasteiger partial charge is 0.485 e. The third kappa shape index (κ3) is 5.79. The summed E-state index contributed by atoms with van der Waals surface area (Å²) < 4.78 is 16.4. The zero-order valence-electron chi connectivity index (χ0n) is 16.7. The van der Waals surface area contributed by atoms with E-state index in [0.717, 1.165) is 16.9 Å². The van der Waals surface area contributed by atoms with Gasteiger partial charge >= 0.3 is 5.97 Å². The van der Waals surface area contributed by atoms with E-state index in [0.29, 0.717) is 11.7 Å². The molecule has 1 N–H and O–H groups in total. The van der Waals surface area contributed by atoms with Gasteiger partial charge < -0.3 is 19.2 Å². The number of hydrogen-bond acceptors (Lipinski definition) is 6. The lowest BCUT2D eigenvalue weighted by atomic mass is 10.0. The molecule has 0 spiro atoms. The Hall–Kier alpha value is -2.41. The lowest BCUT2D eigenvalue weighted by Gasteiger charge is -2.14. The third-order valence-electron chi connectivity index (χ3n) is 4.11. The van der Waals surface area contributed by atoms with Crippen molar-refractivity contribution in [3.63, 3.8) is 0 Å². The number of thiol groups is 1. The first-order valence-electron chi connectivity index (χ1n) is 9.26. The predicted octanol–water partition coefficient (Wildman–Crippen LogP) is 3.88. The molecule has 0 radical (unpaired) electrons. The lowest BCUT2D eigenvalue weighted by molar-refractivity contribution is -0.144. The average Bonchev–Trinajstić information content (AvgIpc) is 3.13. The second-order valence-corrected chi connectivity index (χ2v) is 7.08. The van der Waals surface area contributed by atoms with Crippen LogP contribution in [0, 0.1) is 6.92 Å². The van der Waals surface area contributed by atoms with Gasteiger partial charge in [-0.1, -0.05) is 26.0 Å². The first-order chi connectivity index (χ1) is 13.3. The topological polar surface area (TPSA) is 77.8 Å². The van der Waals surface area contributed by atoms with Crippen LogP contribution >= 0.6 is 12.6 Å². The highest BCUT2D eigenvalue weighted by Gasteiger charge is 2.23. The minimum absolute atomic E-state index is 0.100. The van der Waals surface area contributed by atoms with Crippen LogP contribution in [-0.2, 0) is 16.1 Å². The maximum atomic E-state index is 12.3. The maximum absolute atomic E-state index is 12.3. The highest BCUT2D eigenvalue weighted by atomic mass is 32.1. The Morgan fingerprint density at radius 2 is 1.96 bits per heavy atom. The highest BCUT2D eigenvalue weighted by molar-refractivity contribution is 7.80. The predicted molar refractivity (Wildman–Crippen MR) is 110 cm³/mol. The van der Waals surface area contributed by atoms with Crippen molar-refractivity contribution in [1.29, 1.82) is 0 Å². The molecule has 0 aliphatic carbocycles. The summed E-state index contributed by atoms with van der Waals surface area (Å²) in [5, 5.41) is 2.56. The molecular weight excluding hydrogens is 378 g/mol. The van der Waals surface area contributed by atoms with Gasteiger partial charge in [0, 0.05) is 5.75 Å². The summed E-state index contributed by atoms with van der Waals surface area (Å²) >= 11 is 4.08. The van der Waals surface area contributed by atoms with Gasteiger partial charge in [0.15, 0.2) is 5.76 Å². The highest BCUT2D eigenvalue weighted by Crippen LogP contribution is 2.28. The van der Waals surface area contributed by atoms with E-state index in [2.05, 4.69) is 43.9 Å².